The van der Waals surface area contributed by atoms with Crippen molar-refractivity contribution in [2.24, 2.45) is 5.73 Å². The maximum atomic E-state index is 12.0. The van der Waals surface area contributed by atoms with E-state index in [0.29, 0.717) is 6.42 Å². The summed E-state index contributed by atoms with van der Waals surface area (Å²) in [6.45, 7) is 2.16. The van der Waals surface area contributed by atoms with Crippen LogP contribution in [0, 0.1) is 0 Å². The van der Waals surface area contributed by atoms with Crippen molar-refractivity contribution < 1.29 is 9.59 Å². The second-order valence-electron chi connectivity index (χ2n) is 4.89. The van der Waals surface area contributed by atoms with Gasteiger partial charge in [-0.15, -0.1) is 0 Å². The molecule has 0 fully saturated rings. The minimum absolute atomic E-state index is 0.160. The van der Waals surface area contributed by atoms with E-state index in [1.807, 2.05) is 0 Å². The molecule has 0 aromatic heterocycles. The van der Waals surface area contributed by atoms with Crippen LogP contribution in [0.2, 0.25) is 0 Å². The van der Waals surface area contributed by atoms with Gasteiger partial charge in [0, 0.05) is 7.05 Å². The first kappa shape index (κ1) is 15.5. The molecule has 0 saturated carbocycles. The van der Waals surface area contributed by atoms with Crippen molar-refractivity contribution in [3.05, 3.63) is 11.8 Å². The number of hydrazine groups is 1. The van der Waals surface area contributed by atoms with Crippen LogP contribution in [-0.2, 0) is 9.59 Å². The third kappa shape index (κ3) is 3.96. The van der Waals surface area contributed by atoms with Crippen molar-refractivity contribution in [3.8, 4) is 0 Å². The maximum absolute atomic E-state index is 12.0. The standard InChI is InChI=1S/C13H24N4O2/c1-3-4-5-6-7-8-13(12(19)15-2)9-10(11(14)18)16-17-13/h9,16-17H,3-8H2,1-2H3,(H2,14,18)(H,15,19). The van der Waals surface area contributed by atoms with Crippen molar-refractivity contribution in [3.63, 3.8) is 0 Å². The fraction of sp³-hybridized carbons (Fsp3) is 0.692. The Labute approximate surface area is 114 Å². The van der Waals surface area contributed by atoms with Crippen LogP contribution < -0.4 is 21.9 Å². The first-order chi connectivity index (χ1) is 9.05. The second kappa shape index (κ2) is 7.13. The number of hydrogen-bond donors (Lipinski definition) is 4. The van der Waals surface area contributed by atoms with Gasteiger partial charge in [0.05, 0.1) is 0 Å². The highest BCUT2D eigenvalue weighted by atomic mass is 16.2. The Morgan fingerprint density at radius 1 is 1.32 bits per heavy atom. The number of carbonyl (C=O) groups is 2. The van der Waals surface area contributed by atoms with Gasteiger partial charge in [0.2, 0.25) is 5.91 Å². The maximum Gasteiger partial charge on any atom is 0.265 e. The molecular formula is C13H24N4O2. The highest BCUT2D eigenvalue weighted by Crippen LogP contribution is 2.22. The van der Waals surface area contributed by atoms with Gasteiger partial charge in [-0.1, -0.05) is 39.0 Å². The SMILES string of the molecule is CCCCCCCC1(C(=O)NC)C=C(C(N)=O)NN1. The molecule has 0 aromatic carbocycles. The number of likely N-dealkylation sites (N-methyl/N-ethyl adjacent to an activating group) is 1. The number of rotatable bonds is 8. The molecule has 1 aliphatic heterocycles. The largest absolute Gasteiger partial charge is 0.364 e. The number of carbonyl (C=O) groups excluding carboxylic acids is 2. The normalized spacial score (nSPS) is 21.7. The van der Waals surface area contributed by atoms with E-state index in [1.54, 1.807) is 13.1 Å². The quantitative estimate of drug-likeness (QED) is 0.476. The zero-order chi connectivity index (χ0) is 14.3. The molecule has 1 aliphatic rings. The number of amides is 2. The molecule has 0 aliphatic carbocycles. The Balaban J connectivity index is 2.63. The van der Waals surface area contributed by atoms with Gasteiger partial charge in [-0.2, -0.15) is 0 Å². The molecule has 108 valence electrons. The average Bonchev–Trinajstić information content (AvgIpc) is 2.83. The van der Waals surface area contributed by atoms with Crippen LogP contribution in [-0.4, -0.2) is 24.4 Å². The summed E-state index contributed by atoms with van der Waals surface area (Å²) in [4.78, 5) is 23.1. The Bertz CT molecular complexity index is 368. The van der Waals surface area contributed by atoms with Crippen LogP contribution >= 0.6 is 0 Å². The highest BCUT2D eigenvalue weighted by molar-refractivity contribution is 5.96. The number of nitrogens with one attached hydrogen (secondary N) is 3. The Morgan fingerprint density at radius 3 is 2.53 bits per heavy atom. The molecule has 0 bridgehead atoms. The van der Waals surface area contributed by atoms with Crippen LogP contribution in [0.5, 0.6) is 0 Å². The van der Waals surface area contributed by atoms with Crippen molar-refractivity contribution in [1.29, 1.82) is 0 Å². The van der Waals surface area contributed by atoms with Gasteiger partial charge < -0.3 is 16.5 Å². The van der Waals surface area contributed by atoms with Gasteiger partial charge in [0.1, 0.15) is 11.2 Å². The predicted octanol–water partition coefficient (Wildman–Crippen LogP) is 0.309. The van der Waals surface area contributed by atoms with E-state index in [9.17, 15) is 9.59 Å². The molecule has 1 rings (SSSR count). The lowest BCUT2D eigenvalue weighted by atomic mass is 9.91. The first-order valence-electron chi connectivity index (χ1n) is 6.83. The Morgan fingerprint density at radius 2 is 2.00 bits per heavy atom. The van der Waals surface area contributed by atoms with Gasteiger partial charge >= 0.3 is 0 Å². The smallest absolute Gasteiger partial charge is 0.265 e. The summed E-state index contributed by atoms with van der Waals surface area (Å²) < 4.78 is 0. The molecule has 6 heteroatoms. The van der Waals surface area contributed by atoms with Crippen LogP contribution in [0.1, 0.15) is 45.4 Å². The zero-order valence-electron chi connectivity index (χ0n) is 11.7. The molecule has 0 spiro atoms. The van der Waals surface area contributed by atoms with Crippen LogP contribution in [0.25, 0.3) is 0 Å². The number of nitrogens with two attached hydrogens (primary N) is 1. The van der Waals surface area contributed by atoms with E-state index in [2.05, 4.69) is 23.1 Å². The van der Waals surface area contributed by atoms with Crippen molar-refractivity contribution in [2.75, 3.05) is 7.05 Å². The summed E-state index contributed by atoms with van der Waals surface area (Å²) in [5.74, 6) is -0.726. The van der Waals surface area contributed by atoms with E-state index in [1.165, 1.54) is 19.3 Å². The summed E-state index contributed by atoms with van der Waals surface area (Å²) in [7, 11) is 1.58. The molecule has 19 heavy (non-hydrogen) atoms. The summed E-state index contributed by atoms with van der Waals surface area (Å²) >= 11 is 0. The van der Waals surface area contributed by atoms with Crippen molar-refractivity contribution in [1.82, 2.24) is 16.2 Å². The monoisotopic (exact) mass is 268 g/mol. The van der Waals surface area contributed by atoms with E-state index >= 15 is 0 Å². The summed E-state index contributed by atoms with van der Waals surface area (Å²) in [6, 6.07) is 0. The average molecular weight is 268 g/mol. The molecule has 1 atom stereocenters. The fourth-order valence-corrected chi connectivity index (χ4v) is 2.23. The summed E-state index contributed by atoms with van der Waals surface area (Å²) in [5.41, 5.74) is 10.2. The third-order valence-electron chi connectivity index (χ3n) is 3.38. The number of hydrogen-bond acceptors (Lipinski definition) is 4. The van der Waals surface area contributed by atoms with E-state index in [4.69, 9.17) is 5.73 Å². The molecule has 0 aromatic rings. The summed E-state index contributed by atoms with van der Waals surface area (Å²) in [6.07, 6.45) is 7.79. The van der Waals surface area contributed by atoms with Gasteiger partial charge in [-0.25, -0.2) is 5.43 Å². The molecule has 1 heterocycles. The highest BCUT2D eigenvalue weighted by Gasteiger charge is 2.40. The molecule has 1 unspecified atom stereocenters. The first-order valence-corrected chi connectivity index (χ1v) is 6.83. The van der Waals surface area contributed by atoms with Gasteiger partial charge in [0.25, 0.3) is 5.91 Å². The molecule has 6 nitrogen and oxygen atoms in total. The number of unbranched alkanes of at least 4 members (excludes halogenated alkanes) is 4. The lowest BCUT2D eigenvalue weighted by Crippen LogP contribution is -2.55. The molecular weight excluding hydrogens is 244 g/mol. The van der Waals surface area contributed by atoms with E-state index < -0.39 is 11.4 Å². The molecule has 5 N–H and O–H groups in total. The fourth-order valence-electron chi connectivity index (χ4n) is 2.23. The van der Waals surface area contributed by atoms with Crippen molar-refractivity contribution >= 4 is 11.8 Å². The number of primary amides is 1. The van der Waals surface area contributed by atoms with Crippen molar-refractivity contribution in [2.45, 2.75) is 51.0 Å². The van der Waals surface area contributed by atoms with Gasteiger partial charge in [-0.05, 0) is 12.5 Å². The molecule has 0 saturated heterocycles. The minimum Gasteiger partial charge on any atom is -0.364 e. The van der Waals surface area contributed by atoms with Gasteiger partial charge in [-0.3, -0.25) is 9.59 Å². The van der Waals surface area contributed by atoms with E-state index in [-0.39, 0.29) is 11.6 Å². The Kier molecular flexibility index (Phi) is 5.82. The third-order valence-corrected chi connectivity index (χ3v) is 3.38. The van der Waals surface area contributed by atoms with Crippen LogP contribution in [0.15, 0.2) is 11.8 Å². The second-order valence-corrected chi connectivity index (χ2v) is 4.89. The summed E-state index contributed by atoms with van der Waals surface area (Å²) in [5, 5.41) is 2.62. The molecule has 2 amide bonds. The minimum atomic E-state index is -0.870. The van der Waals surface area contributed by atoms with E-state index in [0.717, 1.165) is 12.8 Å². The Hall–Kier alpha value is -1.56. The topological polar surface area (TPSA) is 96.2 Å². The van der Waals surface area contributed by atoms with Crippen LogP contribution in [0.3, 0.4) is 0 Å². The van der Waals surface area contributed by atoms with Crippen LogP contribution in [0.4, 0.5) is 0 Å². The van der Waals surface area contributed by atoms with Gasteiger partial charge in [0.15, 0.2) is 0 Å². The predicted molar refractivity (Wildman–Crippen MR) is 73.7 cm³/mol. The lowest BCUT2D eigenvalue weighted by molar-refractivity contribution is -0.125. The zero-order valence-corrected chi connectivity index (χ0v) is 11.7. The molecule has 0 radical (unpaired) electrons. The lowest BCUT2D eigenvalue weighted by Gasteiger charge is -2.25.